The van der Waals surface area contributed by atoms with Crippen LogP contribution < -0.4 is 0 Å². The molecule has 0 spiro atoms. The molecule has 8 heavy (non-hydrogen) atoms. The van der Waals surface area contributed by atoms with Crippen LogP contribution in [-0.2, 0) is 3.79 Å². The first-order valence-corrected chi connectivity index (χ1v) is 4.33. The molecule has 0 saturated heterocycles. The highest BCUT2D eigenvalue weighted by atomic mass is 35.5. The summed E-state index contributed by atoms with van der Waals surface area (Å²) in [5, 5.41) is 0. The highest BCUT2D eigenvalue weighted by Gasteiger charge is 1.97. The van der Waals surface area contributed by atoms with Crippen molar-refractivity contribution in [2.45, 2.75) is 18.4 Å². The van der Waals surface area contributed by atoms with Crippen LogP contribution >= 0.6 is 23.2 Å². The minimum atomic E-state index is -0.0968. The molecule has 0 aliphatic rings. The van der Waals surface area contributed by atoms with Gasteiger partial charge in [-0.25, -0.2) is 0 Å². The van der Waals surface area contributed by atoms with Crippen LogP contribution in [0.25, 0.3) is 0 Å². The Morgan fingerprint density at radius 1 is 1.62 bits per heavy atom. The second-order valence-corrected chi connectivity index (χ2v) is 2.81. The Balaban J connectivity index is 2.86. The van der Waals surface area contributed by atoms with Crippen molar-refractivity contribution in [3.8, 4) is 0 Å². The van der Waals surface area contributed by atoms with E-state index in [1.807, 2.05) is 0 Å². The van der Waals surface area contributed by atoms with E-state index in [0.717, 1.165) is 12.8 Å². The van der Waals surface area contributed by atoms with E-state index in [4.69, 9.17) is 27.0 Å². The van der Waals surface area contributed by atoms with E-state index in [2.05, 4.69) is 0 Å². The first kappa shape index (κ1) is 9.07. The molecule has 1 atom stereocenters. The zero-order valence-corrected chi connectivity index (χ0v) is 8.37. The van der Waals surface area contributed by atoms with Gasteiger partial charge in [0.15, 0.2) is 0 Å². The molecule has 0 saturated carbocycles. The van der Waals surface area contributed by atoms with Crippen LogP contribution in [0.3, 0.4) is 0 Å². The summed E-state index contributed by atoms with van der Waals surface area (Å²) < 4.78 is 4.90. The minimum absolute atomic E-state index is 0.0968. The van der Waals surface area contributed by atoms with Crippen molar-refractivity contribution in [3.05, 3.63) is 0 Å². The van der Waals surface area contributed by atoms with Gasteiger partial charge in [-0.2, -0.15) is 0 Å². The van der Waals surface area contributed by atoms with Crippen LogP contribution in [0.15, 0.2) is 0 Å². The highest BCUT2D eigenvalue weighted by molar-refractivity contribution is 6.21. The predicted octanol–water partition coefficient (Wildman–Crippen LogP) is 1.13. The third kappa shape index (κ3) is 5.21. The molecule has 0 rings (SSSR count). The lowest BCUT2D eigenvalue weighted by atomic mass is 10.4. The van der Waals surface area contributed by atoms with Crippen LogP contribution in [0.1, 0.15) is 12.8 Å². The first-order chi connectivity index (χ1) is 3.81. The highest BCUT2D eigenvalue weighted by Crippen LogP contribution is 2.05. The fourth-order valence-corrected chi connectivity index (χ4v) is 0.900. The van der Waals surface area contributed by atoms with Gasteiger partial charge < -0.3 is 3.79 Å². The van der Waals surface area contributed by atoms with Gasteiger partial charge in [-0.05, 0) is 12.8 Å². The molecule has 1 unspecified atom stereocenters. The Morgan fingerprint density at radius 2 is 2.25 bits per heavy atom. The molecular formula is C4H9AlCl2O. The molecule has 0 heterocycles. The molecule has 0 aliphatic carbocycles. The molecule has 0 N–H and O–H groups in total. The maximum atomic E-state index is 5.60. The molecule has 0 aliphatic heterocycles. The van der Waals surface area contributed by atoms with Gasteiger partial charge in [0.2, 0.25) is 0 Å². The van der Waals surface area contributed by atoms with Crippen LogP contribution in [0, 0.1) is 0 Å². The molecule has 4 heteroatoms. The van der Waals surface area contributed by atoms with Crippen molar-refractivity contribution in [1.29, 1.82) is 0 Å². The normalized spacial score (nSPS) is 13.8. The SMILES string of the molecule is [AlH2][O]C(Cl)CCCCl. The molecule has 0 radical (unpaired) electrons. The van der Waals surface area contributed by atoms with Gasteiger partial charge in [-0.1, -0.05) is 11.6 Å². The Hall–Kier alpha value is 1.07. The number of hydrogen-bond acceptors (Lipinski definition) is 1. The van der Waals surface area contributed by atoms with E-state index in [1.54, 1.807) is 0 Å². The second-order valence-electron chi connectivity index (χ2n) is 1.48. The predicted molar refractivity (Wildman–Crippen MR) is 39.2 cm³/mol. The Morgan fingerprint density at radius 3 is 2.62 bits per heavy atom. The summed E-state index contributed by atoms with van der Waals surface area (Å²) in [6, 6.07) is 0. The van der Waals surface area contributed by atoms with Gasteiger partial charge >= 0.3 is 16.6 Å². The van der Waals surface area contributed by atoms with Gasteiger partial charge in [-0.3, -0.25) is 0 Å². The van der Waals surface area contributed by atoms with Crippen LogP contribution in [0.4, 0.5) is 0 Å². The van der Waals surface area contributed by atoms with E-state index in [-0.39, 0.29) is 5.56 Å². The topological polar surface area (TPSA) is 9.23 Å². The number of halogens is 2. The Kier molecular flexibility index (Phi) is 7.03. The molecule has 0 bridgehead atoms. The van der Waals surface area contributed by atoms with Crippen LogP contribution in [0.5, 0.6) is 0 Å². The van der Waals surface area contributed by atoms with Crippen molar-refractivity contribution in [3.63, 3.8) is 0 Å². The second kappa shape index (κ2) is 6.20. The van der Waals surface area contributed by atoms with Crippen molar-refractivity contribution in [1.82, 2.24) is 0 Å². The van der Waals surface area contributed by atoms with Crippen molar-refractivity contribution in [2.75, 3.05) is 5.88 Å². The maximum Gasteiger partial charge on any atom is 0.411 e. The lowest BCUT2D eigenvalue weighted by molar-refractivity contribution is 0.296. The fourth-order valence-electron chi connectivity index (χ4n) is 0.355. The summed E-state index contributed by atoms with van der Waals surface area (Å²) in [4.78, 5) is 0. The van der Waals surface area contributed by atoms with Crippen LogP contribution in [-0.4, -0.2) is 28.1 Å². The van der Waals surface area contributed by atoms with Crippen LogP contribution in [0.2, 0.25) is 0 Å². The molecule has 0 fully saturated rings. The number of alkyl halides is 2. The third-order valence-corrected chi connectivity index (χ3v) is 2.35. The van der Waals surface area contributed by atoms with Gasteiger partial charge in [0.1, 0.15) is 5.56 Å². The van der Waals surface area contributed by atoms with E-state index >= 15 is 0 Å². The molecule has 0 aromatic heterocycles. The van der Waals surface area contributed by atoms with Gasteiger partial charge in [-0.15, -0.1) is 11.6 Å². The largest absolute Gasteiger partial charge is 0.493 e. The smallest absolute Gasteiger partial charge is 0.411 e. The van der Waals surface area contributed by atoms with E-state index in [1.165, 1.54) is 0 Å². The summed E-state index contributed by atoms with van der Waals surface area (Å²) in [7, 11) is 0. The number of hydrogen-bond donors (Lipinski definition) is 0. The summed E-state index contributed by atoms with van der Waals surface area (Å²) in [6.45, 7) is 0. The summed E-state index contributed by atoms with van der Waals surface area (Å²) in [5.74, 6) is 0.675. The lowest BCUT2D eigenvalue weighted by Crippen LogP contribution is -2.01. The standard InChI is InChI=1S/C4H7Cl2O.Al.2H/c5-3-1-2-4(6)7;;;/h4H,1-3H2;;;/q-1;+1;;. The summed E-state index contributed by atoms with van der Waals surface area (Å²) >= 11 is 11.7. The lowest BCUT2D eigenvalue weighted by Gasteiger charge is -2.05. The zero-order chi connectivity index (χ0) is 6.41. The quantitative estimate of drug-likeness (QED) is 0.455. The fraction of sp³-hybridized carbons (Fsp3) is 1.00. The Bertz CT molecular complexity index is 53.3. The minimum Gasteiger partial charge on any atom is -0.493 e. The molecule has 0 aromatic rings. The third-order valence-electron chi connectivity index (χ3n) is 0.820. The Labute approximate surface area is 68.1 Å². The molecular weight excluding hydrogens is 162 g/mol. The van der Waals surface area contributed by atoms with Crippen molar-refractivity contribution in [2.24, 2.45) is 0 Å². The van der Waals surface area contributed by atoms with Crippen molar-refractivity contribution >= 4 is 39.8 Å². The van der Waals surface area contributed by atoms with Gasteiger partial charge in [0.05, 0.1) is 0 Å². The summed E-state index contributed by atoms with van der Waals surface area (Å²) in [5.41, 5.74) is -0.0968. The van der Waals surface area contributed by atoms with Gasteiger partial charge in [0, 0.05) is 5.88 Å². The molecule has 0 amide bonds. The zero-order valence-electron chi connectivity index (χ0n) is 4.86. The molecule has 1 nitrogen and oxygen atoms in total. The molecule has 0 aromatic carbocycles. The van der Waals surface area contributed by atoms with E-state index in [9.17, 15) is 0 Å². The van der Waals surface area contributed by atoms with E-state index < -0.39 is 0 Å². The van der Waals surface area contributed by atoms with Crippen molar-refractivity contribution < 1.29 is 3.79 Å². The first-order valence-electron chi connectivity index (χ1n) is 2.54. The monoisotopic (exact) mass is 170 g/mol. The van der Waals surface area contributed by atoms with E-state index in [0.29, 0.717) is 22.5 Å². The maximum absolute atomic E-state index is 5.60. The summed E-state index contributed by atoms with van der Waals surface area (Å²) in [6.07, 6.45) is 1.81. The molecule has 48 valence electrons. The average Bonchev–Trinajstić information content (AvgIpc) is 1.83. The average molecular weight is 171 g/mol. The number of rotatable bonds is 4. The van der Waals surface area contributed by atoms with Gasteiger partial charge in [0.25, 0.3) is 0 Å².